The van der Waals surface area contributed by atoms with Gasteiger partial charge in [0.05, 0.1) is 6.26 Å². The van der Waals surface area contributed by atoms with E-state index in [9.17, 15) is 13.2 Å². The molecule has 0 saturated carbocycles. The van der Waals surface area contributed by atoms with Gasteiger partial charge >= 0.3 is 0 Å². The average molecular weight is 401 g/mol. The number of sulfonamides is 1. The van der Waals surface area contributed by atoms with Crippen molar-refractivity contribution in [3.63, 3.8) is 0 Å². The van der Waals surface area contributed by atoms with Gasteiger partial charge in [-0.3, -0.25) is 4.79 Å². The fourth-order valence-electron chi connectivity index (χ4n) is 2.76. The molecule has 0 spiro atoms. The first-order chi connectivity index (χ1) is 10.8. The van der Waals surface area contributed by atoms with Crippen LogP contribution in [0, 0.1) is 6.92 Å². The smallest absolute Gasteiger partial charge is 0.289 e. The molecule has 1 fully saturated rings. The standard InChI is InChI=1S/C15H17BrN2O4S/c1-10-12-9-11(16)3-4-13(12)22-14(10)15(19)17-5-7-18(8-6-17)23(2,20)21/h3-4,9H,5-8H2,1-2H3. The van der Waals surface area contributed by atoms with Gasteiger partial charge in [0.2, 0.25) is 10.0 Å². The summed E-state index contributed by atoms with van der Waals surface area (Å²) in [5.74, 6) is 0.133. The highest BCUT2D eigenvalue weighted by atomic mass is 79.9. The molecule has 1 amide bonds. The summed E-state index contributed by atoms with van der Waals surface area (Å²) in [6.07, 6.45) is 1.19. The van der Waals surface area contributed by atoms with Gasteiger partial charge in [0, 0.05) is 41.6 Å². The van der Waals surface area contributed by atoms with E-state index in [-0.39, 0.29) is 5.91 Å². The number of hydrogen-bond donors (Lipinski definition) is 0. The van der Waals surface area contributed by atoms with E-state index in [0.717, 1.165) is 15.4 Å². The number of rotatable bonds is 2. The Hall–Kier alpha value is -1.38. The zero-order valence-electron chi connectivity index (χ0n) is 12.9. The molecule has 0 atom stereocenters. The minimum absolute atomic E-state index is 0.192. The number of amides is 1. The predicted octanol–water partition coefficient (Wildman–Crippen LogP) is 2.22. The van der Waals surface area contributed by atoms with Gasteiger partial charge in [0.15, 0.2) is 5.76 Å². The summed E-state index contributed by atoms with van der Waals surface area (Å²) in [6, 6.07) is 5.61. The molecule has 1 aromatic carbocycles. The van der Waals surface area contributed by atoms with E-state index in [4.69, 9.17) is 4.42 Å². The number of furan rings is 1. The molecule has 1 aromatic heterocycles. The molecule has 0 N–H and O–H groups in total. The highest BCUT2D eigenvalue weighted by molar-refractivity contribution is 9.10. The summed E-state index contributed by atoms with van der Waals surface area (Å²) in [4.78, 5) is 14.3. The third-order valence-electron chi connectivity index (χ3n) is 4.09. The van der Waals surface area contributed by atoms with E-state index in [1.165, 1.54) is 10.6 Å². The first-order valence-corrected chi connectivity index (χ1v) is 9.84. The van der Waals surface area contributed by atoms with Crippen LogP contribution in [0.2, 0.25) is 0 Å². The first-order valence-electron chi connectivity index (χ1n) is 7.20. The monoisotopic (exact) mass is 400 g/mol. The SMILES string of the molecule is Cc1c(C(=O)N2CCN(S(C)(=O)=O)CC2)oc2ccc(Br)cc12. The van der Waals surface area contributed by atoms with Crippen LogP contribution >= 0.6 is 15.9 Å². The van der Waals surface area contributed by atoms with Gasteiger partial charge in [-0.05, 0) is 25.1 Å². The maximum absolute atomic E-state index is 12.7. The second-order valence-corrected chi connectivity index (χ2v) is 8.55. The molecule has 6 nitrogen and oxygen atoms in total. The van der Waals surface area contributed by atoms with Crippen molar-refractivity contribution < 1.29 is 17.6 Å². The lowest BCUT2D eigenvalue weighted by molar-refractivity contribution is 0.0667. The third-order valence-corrected chi connectivity index (χ3v) is 5.88. The third kappa shape index (κ3) is 3.15. The molecule has 0 radical (unpaired) electrons. The van der Waals surface area contributed by atoms with E-state index in [0.29, 0.717) is 37.5 Å². The quantitative estimate of drug-likeness (QED) is 0.774. The topological polar surface area (TPSA) is 70.8 Å². The number of nitrogens with zero attached hydrogens (tertiary/aromatic N) is 2. The van der Waals surface area contributed by atoms with Crippen molar-refractivity contribution in [2.24, 2.45) is 0 Å². The van der Waals surface area contributed by atoms with Gasteiger partial charge in [-0.2, -0.15) is 4.31 Å². The Morgan fingerprint density at radius 2 is 1.87 bits per heavy atom. The summed E-state index contributed by atoms with van der Waals surface area (Å²) in [7, 11) is -3.21. The van der Waals surface area contributed by atoms with Crippen molar-refractivity contribution >= 4 is 42.8 Å². The van der Waals surface area contributed by atoms with Crippen LogP contribution in [-0.2, 0) is 10.0 Å². The molecule has 23 heavy (non-hydrogen) atoms. The maximum atomic E-state index is 12.7. The van der Waals surface area contributed by atoms with Crippen LogP contribution in [0.3, 0.4) is 0 Å². The Morgan fingerprint density at radius 3 is 2.48 bits per heavy atom. The Labute approximate surface area is 143 Å². The van der Waals surface area contributed by atoms with Crippen molar-refractivity contribution in [1.29, 1.82) is 0 Å². The minimum atomic E-state index is -3.21. The number of aryl methyl sites for hydroxylation is 1. The van der Waals surface area contributed by atoms with Crippen molar-refractivity contribution in [2.75, 3.05) is 32.4 Å². The van der Waals surface area contributed by atoms with Gasteiger partial charge < -0.3 is 9.32 Å². The highest BCUT2D eigenvalue weighted by Crippen LogP contribution is 2.29. The van der Waals surface area contributed by atoms with E-state index < -0.39 is 10.0 Å². The van der Waals surface area contributed by atoms with Crippen LogP contribution in [0.1, 0.15) is 16.1 Å². The molecular formula is C15H17BrN2O4S. The van der Waals surface area contributed by atoms with E-state index in [1.54, 1.807) is 4.90 Å². The van der Waals surface area contributed by atoms with Crippen molar-refractivity contribution in [2.45, 2.75) is 6.92 Å². The lowest BCUT2D eigenvalue weighted by Gasteiger charge is -2.32. The molecular weight excluding hydrogens is 384 g/mol. The lowest BCUT2D eigenvalue weighted by atomic mass is 10.1. The average Bonchev–Trinajstić information content (AvgIpc) is 2.83. The van der Waals surface area contributed by atoms with E-state index in [1.807, 2.05) is 25.1 Å². The summed E-state index contributed by atoms with van der Waals surface area (Å²) in [5.41, 5.74) is 1.47. The molecule has 1 aliphatic rings. The number of hydrogen-bond acceptors (Lipinski definition) is 4. The second kappa shape index (κ2) is 5.92. The highest BCUT2D eigenvalue weighted by Gasteiger charge is 2.29. The van der Waals surface area contributed by atoms with Gasteiger partial charge in [-0.15, -0.1) is 0 Å². The predicted molar refractivity (Wildman–Crippen MR) is 91.0 cm³/mol. The van der Waals surface area contributed by atoms with Crippen molar-refractivity contribution in [3.05, 3.63) is 34.0 Å². The van der Waals surface area contributed by atoms with Crippen LogP contribution < -0.4 is 0 Å². The number of carbonyl (C=O) groups is 1. The number of halogens is 1. The second-order valence-electron chi connectivity index (χ2n) is 5.65. The van der Waals surface area contributed by atoms with Crippen molar-refractivity contribution in [1.82, 2.24) is 9.21 Å². The first kappa shape index (κ1) is 16.5. The molecule has 0 bridgehead atoms. The van der Waals surface area contributed by atoms with Crippen LogP contribution in [0.15, 0.2) is 27.1 Å². The molecule has 124 valence electrons. The number of piperazine rings is 1. The van der Waals surface area contributed by atoms with E-state index >= 15 is 0 Å². The summed E-state index contributed by atoms with van der Waals surface area (Å²) < 4.78 is 31.1. The lowest BCUT2D eigenvalue weighted by Crippen LogP contribution is -2.50. The van der Waals surface area contributed by atoms with Gasteiger partial charge in [0.1, 0.15) is 5.58 Å². The summed E-state index contributed by atoms with van der Waals surface area (Å²) in [5, 5.41) is 0.900. The molecule has 1 saturated heterocycles. The van der Waals surface area contributed by atoms with Crippen LogP contribution in [0.25, 0.3) is 11.0 Å². The summed E-state index contributed by atoms with van der Waals surface area (Å²) >= 11 is 3.42. The molecule has 0 unspecified atom stereocenters. The molecule has 2 aromatic rings. The number of fused-ring (bicyclic) bond motifs is 1. The fourth-order valence-corrected chi connectivity index (χ4v) is 3.95. The van der Waals surface area contributed by atoms with Crippen LogP contribution in [0.5, 0.6) is 0 Å². The Kier molecular flexibility index (Phi) is 4.24. The molecule has 1 aliphatic heterocycles. The van der Waals surface area contributed by atoms with Crippen molar-refractivity contribution in [3.8, 4) is 0 Å². The summed E-state index contributed by atoms with van der Waals surface area (Å²) in [6.45, 7) is 3.22. The number of benzene rings is 1. The molecule has 8 heteroatoms. The molecule has 2 heterocycles. The fraction of sp³-hybridized carbons (Fsp3) is 0.400. The Balaban J connectivity index is 1.83. The van der Waals surface area contributed by atoms with Gasteiger partial charge in [-0.25, -0.2) is 8.42 Å². The minimum Gasteiger partial charge on any atom is -0.451 e. The zero-order chi connectivity index (χ0) is 16.8. The van der Waals surface area contributed by atoms with Crippen LogP contribution in [0.4, 0.5) is 0 Å². The van der Waals surface area contributed by atoms with Gasteiger partial charge in [-0.1, -0.05) is 15.9 Å². The maximum Gasteiger partial charge on any atom is 0.289 e. The Morgan fingerprint density at radius 1 is 1.22 bits per heavy atom. The normalized spacial score (nSPS) is 16.9. The zero-order valence-corrected chi connectivity index (χ0v) is 15.3. The number of carbonyl (C=O) groups excluding carboxylic acids is 1. The van der Waals surface area contributed by atoms with Gasteiger partial charge in [0.25, 0.3) is 5.91 Å². The molecule has 3 rings (SSSR count). The van der Waals surface area contributed by atoms with Crippen LogP contribution in [-0.4, -0.2) is 56.0 Å². The van der Waals surface area contributed by atoms with E-state index in [2.05, 4.69) is 15.9 Å². The Bertz CT molecular complexity index is 867. The molecule has 0 aliphatic carbocycles. The largest absolute Gasteiger partial charge is 0.451 e.